The van der Waals surface area contributed by atoms with Crippen molar-refractivity contribution in [3.05, 3.63) is 35.9 Å². The van der Waals surface area contributed by atoms with Gasteiger partial charge >= 0.3 is 0 Å². The van der Waals surface area contributed by atoms with Crippen molar-refractivity contribution >= 4 is 5.82 Å². The van der Waals surface area contributed by atoms with Crippen molar-refractivity contribution in [2.45, 2.75) is 20.3 Å². The first-order chi connectivity index (χ1) is 9.67. The molecule has 1 heterocycles. The van der Waals surface area contributed by atoms with Crippen molar-refractivity contribution < 1.29 is 9.13 Å². The van der Waals surface area contributed by atoms with E-state index >= 15 is 0 Å². The van der Waals surface area contributed by atoms with Crippen molar-refractivity contribution in [2.75, 3.05) is 19.0 Å². The molecule has 0 bridgehead atoms. The molecule has 2 rings (SSSR count). The fraction of sp³-hybridized carbons (Fsp3) is 0.333. The van der Waals surface area contributed by atoms with E-state index in [1.54, 1.807) is 12.1 Å². The van der Waals surface area contributed by atoms with Crippen molar-refractivity contribution in [2.24, 2.45) is 0 Å². The normalized spacial score (nSPS) is 10.4. The average Bonchev–Trinajstić information content (AvgIpc) is 2.47. The van der Waals surface area contributed by atoms with Crippen LogP contribution in [0.15, 0.2) is 24.3 Å². The predicted octanol–water partition coefficient (Wildman–Crippen LogP) is 3.29. The zero-order valence-corrected chi connectivity index (χ0v) is 11.9. The number of aryl methyl sites for hydroxylation is 1. The second-order valence-corrected chi connectivity index (χ2v) is 4.29. The van der Waals surface area contributed by atoms with Crippen molar-refractivity contribution in [3.63, 3.8) is 0 Å². The quantitative estimate of drug-likeness (QED) is 0.909. The van der Waals surface area contributed by atoms with Gasteiger partial charge in [-0.3, -0.25) is 0 Å². The zero-order chi connectivity index (χ0) is 14.5. The molecule has 0 spiro atoms. The molecule has 4 nitrogen and oxygen atoms in total. The van der Waals surface area contributed by atoms with Crippen LogP contribution in [0.4, 0.5) is 10.2 Å². The third kappa shape index (κ3) is 3.04. The van der Waals surface area contributed by atoms with Crippen LogP contribution in [0.3, 0.4) is 0 Å². The monoisotopic (exact) mass is 275 g/mol. The minimum Gasteiger partial charge on any atom is -0.494 e. The molecule has 1 aromatic heterocycles. The minimum atomic E-state index is -0.397. The van der Waals surface area contributed by atoms with E-state index in [9.17, 15) is 4.39 Å². The number of anilines is 1. The van der Waals surface area contributed by atoms with Gasteiger partial charge < -0.3 is 10.1 Å². The molecule has 0 unspecified atom stereocenters. The second-order valence-electron chi connectivity index (χ2n) is 4.29. The number of nitrogens with zero attached hydrogens (tertiary/aromatic N) is 2. The van der Waals surface area contributed by atoms with Crippen LogP contribution >= 0.6 is 0 Å². The summed E-state index contributed by atoms with van der Waals surface area (Å²) in [5, 5.41) is 3.16. The maximum atomic E-state index is 13.8. The van der Waals surface area contributed by atoms with Crippen molar-refractivity contribution in [1.29, 1.82) is 0 Å². The highest BCUT2D eigenvalue weighted by Gasteiger charge is 2.09. The summed E-state index contributed by atoms with van der Waals surface area (Å²) in [6.45, 7) is 4.76. The molecule has 0 aliphatic rings. The lowest BCUT2D eigenvalue weighted by molar-refractivity contribution is 0.386. The zero-order valence-electron chi connectivity index (χ0n) is 11.9. The highest BCUT2D eigenvalue weighted by Crippen LogP contribution is 2.25. The van der Waals surface area contributed by atoms with E-state index in [2.05, 4.69) is 15.3 Å². The summed E-state index contributed by atoms with van der Waals surface area (Å²) in [5.74, 6) is 1.32. The molecule has 0 aliphatic heterocycles. The van der Waals surface area contributed by atoms with Gasteiger partial charge in [0.15, 0.2) is 11.6 Å². The standard InChI is InChI=1S/C15H18FN3O/c1-4-14-18-12(9-15(19-14)17-5-2)10-6-7-13(20-3)11(16)8-10/h6-9H,4-5H2,1-3H3,(H,17,18,19). The fourth-order valence-corrected chi connectivity index (χ4v) is 1.90. The Kier molecular flexibility index (Phi) is 4.50. The van der Waals surface area contributed by atoms with Gasteiger partial charge in [0.1, 0.15) is 11.6 Å². The van der Waals surface area contributed by atoms with E-state index in [1.807, 2.05) is 19.9 Å². The highest BCUT2D eigenvalue weighted by atomic mass is 19.1. The Morgan fingerprint density at radius 2 is 2.00 bits per heavy atom. The Morgan fingerprint density at radius 1 is 1.20 bits per heavy atom. The second kappa shape index (κ2) is 6.32. The molecule has 1 N–H and O–H groups in total. The topological polar surface area (TPSA) is 47.0 Å². The molecule has 106 valence electrons. The molecular formula is C15H18FN3O. The van der Waals surface area contributed by atoms with Crippen LogP contribution in [0.1, 0.15) is 19.7 Å². The van der Waals surface area contributed by atoms with Gasteiger partial charge in [-0.15, -0.1) is 0 Å². The van der Waals surface area contributed by atoms with Crippen LogP contribution in [-0.2, 0) is 6.42 Å². The lowest BCUT2D eigenvalue weighted by Gasteiger charge is -2.09. The van der Waals surface area contributed by atoms with Gasteiger partial charge in [-0.25, -0.2) is 14.4 Å². The molecule has 1 aromatic carbocycles. The highest BCUT2D eigenvalue weighted by molar-refractivity contribution is 5.63. The van der Waals surface area contributed by atoms with Crippen LogP contribution in [0.5, 0.6) is 5.75 Å². The van der Waals surface area contributed by atoms with Gasteiger partial charge in [0.2, 0.25) is 0 Å². The molecule has 5 heteroatoms. The number of nitrogens with one attached hydrogen (secondary N) is 1. The number of methoxy groups -OCH3 is 1. The van der Waals surface area contributed by atoms with Gasteiger partial charge in [-0.05, 0) is 25.1 Å². The minimum absolute atomic E-state index is 0.227. The molecule has 20 heavy (non-hydrogen) atoms. The fourth-order valence-electron chi connectivity index (χ4n) is 1.90. The number of aromatic nitrogens is 2. The van der Waals surface area contributed by atoms with E-state index in [1.165, 1.54) is 13.2 Å². The van der Waals surface area contributed by atoms with Gasteiger partial charge in [-0.2, -0.15) is 0 Å². The summed E-state index contributed by atoms with van der Waals surface area (Å²) < 4.78 is 18.7. The van der Waals surface area contributed by atoms with Crippen LogP contribution in [-0.4, -0.2) is 23.6 Å². The molecule has 0 radical (unpaired) electrons. The number of benzene rings is 1. The van der Waals surface area contributed by atoms with E-state index < -0.39 is 5.82 Å². The first-order valence-corrected chi connectivity index (χ1v) is 6.63. The molecule has 0 amide bonds. The van der Waals surface area contributed by atoms with Gasteiger partial charge in [0, 0.05) is 24.6 Å². The van der Waals surface area contributed by atoms with Crippen LogP contribution in [0.25, 0.3) is 11.3 Å². The van der Waals surface area contributed by atoms with E-state index in [-0.39, 0.29) is 5.75 Å². The summed E-state index contributed by atoms with van der Waals surface area (Å²) in [6, 6.07) is 6.64. The SMILES string of the molecule is CCNc1cc(-c2ccc(OC)c(F)c2)nc(CC)n1. The smallest absolute Gasteiger partial charge is 0.165 e. The Balaban J connectivity index is 2.45. The lowest BCUT2D eigenvalue weighted by atomic mass is 10.1. The first kappa shape index (κ1) is 14.2. The van der Waals surface area contributed by atoms with Crippen molar-refractivity contribution in [1.82, 2.24) is 9.97 Å². The van der Waals surface area contributed by atoms with Crippen LogP contribution < -0.4 is 10.1 Å². The summed E-state index contributed by atoms with van der Waals surface area (Å²) in [6.07, 6.45) is 0.727. The van der Waals surface area contributed by atoms with Crippen LogP contribution in [0.2, 0.25) is 0 Å². The Morgan fingerprint density at radius 3 is 2.60 bits per heavy atom. The number of rotatable bonds is 5. The molecule has 0 fully saturated rings. The maximum absolute atomic E-state index is 13.8. The Hall–Kier alpha value is -2.17. The Bertz CT molecular complexity index is 602. The van der Waals surface area contributed by atoms with Crippen LogP contribution in [0, 0.1) is 5.82 Å². The summed E-state index contributed by atoms with van der Waals surface area (Å²) in [4.78, 5) is 8.83. The van der Waals surface area contributed by atoms with E-state index in [4.69, 9.17) is 4.74 Å². The molecule has 0 aliphatic carbocycles. The summed E-state index contributed by atoms with van der Waals surface area (Å²) in [7, 11) is 1.45. The molecule has 2 aromatic rings. The summed E-state index contributed by atoms with van der Waals surface area (Å²) in [5.41, 5.74) is 1.41. The van der Waals surface area contributed by atoms with Gasteiger partial charge in [0.25, 0.3) is 0 Å². The molecule has 0 saturated heterocycles. The molecule has 0 atom stereocenters. The number of ether oxygens (including phenoxy) is 1. The van der Waals surface area contributed by atoms with Gasteiger partial charge in [-0.1, -0.05) is 6.92 Å². The number of halogens is 1. The third-order valence-electron chi connectivity index (χ3n) is 2.89. The summed E-state index contributed by atoms with van der Waals surface area (Å²) >= 11 is 0. The van der Waals surface area contributed by atoms with Crippen molar-refractivity contribution in [3.8, 4) is 17.0 Å². The molecular weight excluding hydrogens is 257 g/mol. The third-order valence-corrected chi connectivity index (χ3v) is 2.89. The first-order valence-electron chi connectivity index (χ1n) is 6.63. The van der Waals surface area contributed by atoms with Gasteiger partial charge in [0.05, 0.1) is 12.8 Å². The average molecular weight is 275 g/mol. The largest absolute Gasteiger partial charge is 0.494 e. The van der Waals surface area contributed by atoms with E-state index in [0.29, 0.717) is 11.3 Å². The lowest BCUT2D eigenvalue weighted by Crippen LogP contribution is -2.04. The number of hydrogen-bond acceptors (Lipinski definition) is 4. The van der Waals surface area contributed by atoms with E-state index in [0.717, 1.165) is 24.6 Å². The molecule has 0 saturated carbocycles. The number of hydrogen-bond donors (Lipinski definition) is 1. The Labute approximate surface area is 118 Å². The predicted molar refractivity (Wildman–Crippen MR) is 77.5 cm³/mol. The maximum Gasteiger partial charge on any atom is 0.165 e.